The first-order valence-electron chi connectivity index (χ1n) is 11.3. The van der Waals surface area contributed by atoms with E-state index in [4.69, 9.17) is 4.42 Å². The monoisotopic (exact) mass is 466 g/mol. The Morgan fingerprint density at radius 2 is 1.76 bits per heavy atom. The van der Waals surface area contributed by atoms with Crippen molar-refractivity contribution in [3.05, 3.63) is 118 Å². The maximum Gasteiger partial charge on any atom is 0.259 e. The van der Waals surface area contributed by atoms with Crippen LogP contribution in [-0.2, 0) is 4.79 Å². The van der Waals surface area contributed by atoms with Gasteiger partial charge in [-0.05, 0) is 54.3 Å². The van der Waals surface area contributed by atoms with Crippen LogP contribution in [0.5, 0.6) is 0 Å². The fraction of sp³-hybridized carbons (Fsp3) is 0.143. The first kappa shape index (κ1) is 20.7. The number of nitrogens with zero attached hydrogens (tertiary/aromatic N) is 1. The highest BCUT2D eigenvalue weighted by Crippen LogP contribution is 2.48. The molecule has 34 heavy (non-hydrogen) atoms. The summed E-state index contributed by atoms with van der Waals surface area (Å²) in [7, 11) is 0. The first-order valence-corrected chi connectivity index (χ1v) is 12.2. The molecule has 0 fully saturated rings. The van der Waals surface area contributed by atoms with Crippen LogP contribution < -0.4 is 10.2 Å². The van der Waals surface area contributed by atoms with Crippen molar-refractivity contribution in [2.75, 3.05) is 10.2 Å². The van der Waals surface area contributed by atoms with E-state index in [-0.39, 0.29) is 17.6 Å². The molecule has 6 rings (SSSR count). The van der Waals surface area contributed by atoms with Gasteiger partial charge in [0.2, 0.25) is 0 Å². The van der Waals surface area contributed by atoms with Crippen LogP contribution in [0.3, 0.4) is 0 Å². The summed E-state index contributed by atoms with van der Waals surface area (Å²) >= 11 is 1.56. The average molecular weight is 467 g/mol. The van der Waals surface area contributed by atoms with E-state index in [0.717, 1.165) is 27.7 Å². The molecule has 0 radical (unpaired) electrons. The minimum Gasteiger partial charge on any atom is -0.469 e. The number of furan rings is 1. The number of allylic oxidation sites excluding steroid dienone is 1. The summed E-state index contributed by atoms with van der Waals surface area (Å²) in [4.78, 5) is 30.5. The topological polar surface area (TPSA) is 62.6 Å². The second-order valence-corrected chi connectivity index (χ2v) is 9.52. The Morgan fingerprint density at radius 1 is 0.941 bits per heavy atom. The number of rotatable bonds is 3. The van der Waals surface area contributed by atoms with E-state index >= 15 is 0 Å². The standard InChI is InChI=1S/C28H22N2O3S/c31-23-17-19(24-12-6-14-33-24)16-21-26(23)27(25-13-7-15-34-25)30(22-11-5-4-10-20(22)29-21)28(32)18-8-2-1-3-9-18/h1-15,19,27,29H,16-17H2/t19-,27+/m1/s1. The molecule has 5 nitrogen and oxygen atoms in total. The van der Waals surface area contributed by atoms with E-state index in [1.807, 2.05) is 84.2 Å². The molecule has 2 atom stereocenters. The third kappa shape index (κ3) is 3.47. The molecule has 4 aromatic rings. The van der Waals surface area contributed by atoms with E-state index in [9.17, 15) is 9.59 Å². The van der Waals surface area contributed by atoms with Crippen LogP contribution >= 0.6 is 11.3 Å². The Bertz CT molecular complexity index is 1370. The van der Waals surface area contributed by atoms with Crippen LogP contribution in [0.25, 0.3) is 0 Å². The lowest BCUT2D eigenvalue weighted by Crippen LogP contribution is -2.38. The molecular weight excluding hydrogens is 444 g/mol. The summed E-state index contributed by atoms with van der Waals surface area (Å²) < 4.78 is 5.65. The summed E-state index contributed by atoms with van der Waals surface area (Å²) in [5.74, 6) is 0.667. The number of nitrogens with one attached hydrogen (secondary N) is 1. The van der Waals surface area contributed by atoms with E-state index in [2.05, 4.69) is 5.32 Å². The van der Waals surface area contributed by atoms with Crippen molar-refractivity contribution in [3.8, 4) is 0 Å². The van der Waals surface area contributed by atoms with Gasteiger partial charge in [0.1, 0.15) is 11.8 Å². The number of thiophene rings is 1. The second-order valence-electron chi connectivity index (χ2n) is 8.54. The molecule has 2 aromatic heterocycles. The minimum absolute atomic E-state index is 0.0345. The van der Waals surface area contributed by atoms with Gasteiger partial charge in [0.25, 0.3) is 5.91 Å². The highest BCUT2D eigenvalue weighted by atomic mass is 32.1. The van der Waals surface area contributed by atoms with Crippen molar-refractivity contribution in [1.29, 1.82) is 0 Å². The molecule has 0 bridgehead atoms. The molecule has 1 aliphatic carbocycles. The smallest absolute Gasteiger partial charge is 0.259 e. The number of carbonyl (C=O) groups is 2. The maximum absolute atomic E-state index is 14.0. The summed E-state index contributed by atoms with van der Waals surface area (Å²) in [6.45, 7) is 0. The van der Waals surface area contributed by atoms with Crippen molar-refractivity contribution >= 4 is 34.4 Å². The quantitative estimate of drug-likeness (QED) is 0.372. The van der Waals surface area contributed by atoms with Gasteiger partial charge in [-0.1, -0.05) is 36.4 Å². The molecule has 3 heterocycles. The van der Waals surface area contributed by atoms with Crippen LogP contribution in [0, 0.1) is 0 Å². The lowest BCUT2D eigenvalue weighted by molar-refractivity contribution is -0.116. The van der Waals surface area contributed by atoms with E-state index in [1.165, 1.54) is 0 Å². The number of fused-ring (bicyclic) bond motifs is 1. The van der Waals surface area contributed by atoms with Crippen LogP contribution in [-0.4, -0.2) is 11.7 Å². The van der Waals surface area contributed by atoms with Gasteiger partial charge in [-0.15, -0.1) is 11.3 Å². The lowest BCUT2D eigenvalue weighted by Gasteiger charge is -2.34. The largest absolute Gasteiger partial charge is 0.469 e. The summed E-state index contributed by atoms with van der Waals surface area (Å²) in [5, 5.41) is 5.53. The summed E-state index contributed by atoms with van der Waals surface area (Å²) in [6.07, 6.45) is 2.63. The van der Waals surface area contributed by atoms with Crippen molar-refractivity contribution in [1.82, 2.24) is 0 Å². The lowest BCUT2D eigenvalue weighted by atomic mass is 9.81. The van der Waals surface area contributed by atoms with Crippen LogP contribution in [0.1, 0.15) is 45.8 Å². The van der Waals surface area contributed by atoms with Crippen molar-refractivity contribution < 1.29 is 14.0 Å². The number of hydrogen-bond acceptors (Lipinski definition) is 5. The number of carbonyl (C=O) groups excluding carboxylic acids is 2. The molecule has 0 spiro atoms. The van der Waals surface area contributed by atoms with Crippen molar-refractivity contribution in [2.45, 2.75) is 24.8 Å². The fourth-order valence-corrected chi connectivity index (χ4v) is 5.80. The molecule has 0 unspecified atom stereocenters. The van der Waals surface area contributed by atoms with E-state index < -0.39 is 6.04 Å². The van der Waals surface area contributed by atoms with Gasteiger partial charge in [0.15, 0.2) is 5.78 Å². The number of anilines is 2. The van der Waals surface area contributed by atoms with Gasteiger partial charge in [0.05, 0.1) is 17.6 Å². The summed E-state index contributed by atoms with van der Waals surface area (Å²) in [6, 6.07) is 24.3. The van der Waals surface area contributed by atoms with Gasteiger partial charge < -0.3 is 9.73 Å². The molecule has 1 amide bonds. The zero-order valence-electron chi connectivity index (χ0n) is 18.3. The SMILES string of the molecule is O=C1C[C@H](c2ccco2)CC2=C1[C@H](c1cccs1)N(C(=O)c1ccccc1)c1ccccc1N2. The van der Waals surface area contributed by atoms with Gasteiger partial charge in [-0.25, -0.2) is 0 Å². The molecule has 1 aliphatic heterocycles. The number of amides is 1. The molecular formula is C28H22N2O3S. The van der Waals surface area contributed by atoms with Crippen LogP contribution in [0.4, 0.5) is 11.4 Å². The Labute approximate surface area is 201 Å². The predicted octanol–water partition coefficient (Wildman–Crippen LogP) is 6.56. The fourth-order valence-electron chi connectivity index (χ4n) is 4.97. The third-order valence-electron chi connectivity index (χ3n) is 6.49. The maximum atomic E-state index is 14.0. The average Bonchev–Trinajstić information content (AvgIpc) is 3.57. The van der Waals surface area contributed by atoms with Gasteiger partial charge in [0, 0.05) is 34.0 Å². The predicted molar refractivity (Wildman–Crippen MR) is 133 cm³/mol. The van der Waals surface area contributed by atoms with Gasteiger partial charge in [-0.2, -0.15) is 0 Å². The Kier molecular flexibility index (Phi) is 5.15. The number of Topliss-reactive ketones (excluding diaryl/α,β-unsaturated/α-hetero) is 1. The highest BCUT2D eigenvalue weighted by molar-refractivity contribution is 7.10. The van der Waals surface area contributed by atoms with Crippen molar-refractivity contribution in [3.63, 3.8) is 0 Å². The number of para-hydroxylation sites is 2. The number of benzene rings is 2. The Balaban J connectivity index is 1.56. The number of ketones is 1. The van der Waals surface area contributed by atoms with Gasteiger partial charge in [-0.3, -0.25) is 14.5 Å². The summed E-state index contributed by atoms with van der Waals surface area (Å²) in [5.41, 5.74) is 3.66. The second kappa shape index (κ2) is 8.47. The van der Waals surface area contributed by atoms with E-state index in [1.54, 1.807) is 22.5 Å². The molecule has 0 saturated heterocycles. The zero-order valence-corrected chi connectivity index (χ0v) is 19.1. The molecule has 0 saturated carbocycles. The van der Waals surface area contributed by atoms with Crippen molar-refractivity contribution in [2.24, 2.45) is 0 Å². The Morgan fingerprint density at radius 3 is 2.53 bits per heavy atom. The molecule has 2 aromatic carbocycles. The minimum atomic E-state index is -0.510. The number of hydrogen-bond donors (Lipinski definition) is 1. The van der Waals surface area contributed by atoms with Gasteiger partial charge >= 0.3 is 0 Å². The molecule has 2 aliphatic rings. The molecule has 1 N–H and O–H groups in total. The zero-order chi connectivity index (χ0) is 23.1. The highest BCUT2D eigenvalue weighted by Gasteiger charge is 2.42. The van der Waals surface area contributed by atoms with Crippen LogP contribution in [0.2, 0.25) is 0 Å². The first-order chi connectivity index (χ1) is 16.7. The normalized spacial score (nSPS) is 19.8. The third-order valence-corrected chi connectivity index (χ3v) is 7.41. The Hall–Kier alpha value is -3.90. The molecule has 168 valence electrons. The van der Waals surface area contributed by atoms with Crippen LogP contribution in [0.15, 0.2) is 106 Å². The van der Waals surface area contributed by atoms with E-state index in [0.29, 0.717) is 24.0 Å². The molecule has 6 heteroatoms.